The Labute approximate surface area is 162 Å². The Morgan fingerprint density at radius 2 is 1.89 bits per heavy atom. The van der Waals surface area contributed by atoms with Crippen molar-refractivity contribution in [3.05, 3.63) is 51.1 Å². The van der Waals surface area contributed by atoms with E-state index in [0.717, 1.165) is 22.4 Å². The summed E-state index contributed by atoms with van der Waals surface area (Å²) in [6.45, 7) is 9.46. The highest BCUT2D eigenvalue weighted by Crippen LogP contribution is 2.29. The number of rotatable bonds is 5. The summed E-state index contributed by atoms with van der Waals surface area (Å²) >= 11 is 1.52. The van der Waals surface area contributed by atoms with Crippen molar-refractivity contribution in [2.75, 3.05) is 6.61 Å². The second kappa shape index (κ2) is 7.27. The minimum atomic E-state index is -1.18. The fraction of sp³-hybridized carbons (Fsp3) is 0.381. The first kappa shape index (κ1) is 19.3. The van der Waals surface area contributed by atoms with Gasteiger partial charge in [-0.2, -0.15) is 0 Å². The summed E-state index contributed by atoms with van der Waals surface area (Å²) in [5, 5.41) is 0.546. The number of nitrogens with zero attached hydrogens (tertiary/aromatic N) is 2. The maximum absolute atomic E-state index is 13.4. The van der Waals surface area contributed by atoms with Crippen LogP contribution in [0.5, 0.6) is 0 Å². The van der Waals surface area contributed by atoms with Gasteiger partial charge in [0.1, 0.15) is 16.2 Å². The van der Waals surface area contributed by atoms with Crippen LogP contribution in [-0.4, -0.2) is 22.1 Å². The Balaban J connectivity index is 2.36. The summed E-state index contributed by atoms with van der Waals surface area (Å²) < 4.78 is 6.72. The Kier molecular flexibility index (Phi) is 5.20. The number of hydrogen-bond donors (Lipinski definition) is 0. The normalized spacial score (nSPS) is 11.7. The van der Waals surface area contributed by atoms with Crippen LogP contribution in [0.25, 0.3) is 21.6 Å². The average molecular weight is 385 g/mol. The van der Waals surface area contributed by atoms with Crippen molar-refractivity contribution in [2.45, 2.75) is 46.6 Å². The topological polar surface area (TPSA) is 61.2 Å². The predicted octanol–water partition coefficient (Wildman–Crippen LogP) is 4.29. The monoisotopic (exact) mass is 384 g/mol. The lowest BCUT2D eigenvalue weighted by Gasteiger charge is -2.27. The van der Waals surface area contributed by atoms with E-state index in [1.54, 1.807) is 20.8 Å². The number of benzene rings is 1. The molecule has 0 amide bonds. The second-order valence-corrected chi connectivity index (χ2v) is 8.12. The highest BCUT2D eigenvalue weighted by Gasteiger charge is 2.36. The minimum Gasteiger partial charge on any atom is -0.464 e. The SMILES string of the molecule is CCOC(=O)C(C)(C)n1c(-c2ccc(C)cc2)nc2sc(CC)cc2c1=O. The summed E-state index contributed by atoms with van der Waals surface area (Å²) in [5.41, 5.74) is 0.513. The molecule has 0 aliphatic carbocycles. The van der Waals surface area contributed by atoms with Gasteiger partial charge in [-0.05, 0) is 40.2 Å². The van der Waals surface area contributed by atoms with Gasteiger partial charge in [-0.3, -0.25) is 9.36 Å². The number of ether oxygens (including phenoxy) is 1. The van der Waals surface area contributed by atoms with Crippen LogP contribution < -0.4 is 5.56 Å². The molecule has 0 bridgehead atoms. The highest BCUT2D eigenvalue weighted by atomic mass is 32.1. The zero-order valence-electron chi connectivity index (χ0n) is 16.3. The van der Waals surface area contributed by atoms with Gasteiger partial charge in [0.25, 0.3) is 5.56 Å². The molecular formula is C21H24N2O3S. The van der Waals surface area contributed by atoms with E-state index < -0.39 is 11.5 Å². The van der Waals surface area contributed by atoms with Crippen LogP contribution in [-0.2, 0) is 21.5 Å². The van der Waals surface area contributed by atoms with Crippen molar-refractivity contribution in [3.8, 4) is 11.4 Å². The number of aryl methyl sites for hydroxylation is 2. The van der Waals surface area contributed by atoms with E-state index in [1.165, 1.54) is 15.9 Å². The summed E-state index contributed by atoms with van der Waals surface area (Å²) in [7, 11) is 0. The summed E-state index contributed by atoms with van der Waals surface area (Å²) in [6.07, 6.45) is 0.835. The van der Waals surface area contributed by atoms with E-state index in [0.29, 0.717) is 16.0 Å². The van der Waals surface area contributed by atoms with Crippen molar-refractivity contribution in [3.63, 3.8) is 0 Å². The van der Waals surface area contributed by atoms with Crippen molar-refractivity contribution in [2.24, 2.45) is 0 Å². The molecule has 0 aliphatic heterocycles. The van der Waals surface area contributed by atoms with Crippen LogP contribution in [0.3, 0.4) is 0 Å². The summed E-state index contributed by atoms with van der Waals surface area (Å²) in [6, 6.07) is 9.68. The lowest BCUT2D eigenvalue weighted by atomic mass is 10.0. The maximum Gasteiger partial charge on any atom is 0.331 e. The molecule has 5 nitrogen and oxygen atoms in total. The molecule has 27 heavy (non-hydrogen) atoms. The third-order valence-electron chi connectivity index (χ3n) is 4.61. The smallest absolute Gasteiger partial charge is 0.331 e. The largest absolute Gasteiger partial charge is 0.464 e. The molecule has 2 heterocycles. The molecule has 0 saturated carbocycles. The highest BCUT2D eigenvalue weighted by molar-refractivity contribution is 7.18. The number of fused-ring (bicyclic) bond motifs is 1. The summed E-state index contributed by atoms with van der Waals surface area (Å²) in [4.78, 5) is 32.6. The first-order chi connectivity index (χ1) is 12.8. The van der Waals surface area contributed by atoms with Crippen molar-refractivity contribution >= 4 is 27.5 Å². The van der Waals surface area contributed by atoms with Crippen molar-refractivity contribution in [1.29, 1.82) is 0 Å². The third kappa shape index (κ3) is 3.41. The van der Waals surface area contributed by atoms with E-state index in [4.69, 9.17) is 9.72 Å². The molecule has 0 spiro atoms. The van der Waals surface area contributed by atoms with Gasteiger partial charge in [-0.1, -0.05) is 36.8 Å². The van der Waals surface area contributed by atoms with Gasteiger partial charge in [0.2, 0.25) is 0 Å². The molecule has 0 atom stereocenters. The Morgan fingerprint density at radius 1 is 1.22 bits per heavy atom. The zero-order chi connectivity index (χ0) is 19.8. The molecule has 2 aromatic heterocycles. The molecule has 0 aliphatic rings. The lowest BCUT2D eigenvalue weighted by Crippen LogP contribution is -2.45. The fourth-order valence-corrected chi connectivity index (χ4v) is 3.98. The standard InChI is InChI=1S/C21H24N2O3S/c1-6-15-12-16-18(27-15)22-17(14-10-8-13(3)9-11-14)23(19(16)24)21(4,5)20(25)26-7-2/h8-12H,6-7H2,1-5H3. The van der Waals surface area contributed by atoms with E-state index in [1.807, 2.05) is 44.2 Å². The molecular weight excluding hydrogens is 360 g/mol. The Bertz CT molecular complexity index is 1050. The maximum atomic E-state index is 13.4. The number of aromatic nitrogens is 2. The minimum absolute atomic E-state index is 0.218. The molecule has 1 aromatic carbocycles. The summed E-state index contributed by atoms with van der Waals surface area (Å²) in [5.74, 6) is 0.0302. The van der Waals surface area contributed by atoms with E-state index in [-0.39, 0.29) is 12.2 Å². The average Bonchev–Trinajstić information content (AvgIpc) is 3.06. The van der Waals surface area contributed by atoms with Gasteiger partial charge in [-0.25, -0.2) is 9.78 Å². The number of hydrogen-bond acceptors (Lipinski definition) is 5. The van der Waals surface area contributed by atoms with Crippen LogP contribution in [0.1, 0.15) is 38.1 Å². The van der Waals surface area contributed by atoms with Crippen molar-refractivity contribution in [1.82, 2.24) is 9.55 Å². The van der Waals surface area contributed by atoms with E-state index in [9.17, 15) is 9.59 Å². The molecule has 6 heteroatoms. The molecule has 0 N–H and O–H groups in total. The second-order valence-electron chi connectivity index (χ2n) is 7.01. The van der Waals surface area contributed by atoms with Crippen LogP contribution >= 0.6 is 11.3 Å². The first-order valence-electron chi connectivity index (χ1n) is 9.09. The first-order valence-corrected chi connectivity index (χ1v) is 9.91. The van der Waals surface area contributed by atoms with Crippen LogP contribution in [0.4, 0.5) is 0 Å². The van der Waals surface area contributed by atoms with Gasteiger partial charge in [0, 0.05) is 10.4 Å². The van der Waals surface area contributed by atoms with Gasteiger partial charge in [0.15, 0.2) is 0 Å². The van der Waals surface area contributed by atoms with Crippen LogP contribution in [0, 0.1) is 6.92 Å². The number of esters is 1. The lowest BCUT2D eigenvalue weighted by molar-refractivity contribution is -0.152. The third-order valence-corrected chi connectivity index (χ3v) is 5.78. The van der Waals surface area contributed by atoms with E-state index >= 15 is 0 Å². The molecule has 0 radical (unpaired) electrons. The molecule has 0 fully saturated rings. The molecule has 0 saturated heterocycles. The van der Waals surface area contributed by atoms with Gasteiger partial charge in [0.05, 0.1) is 12.0 Å². The van der Waals surface area contributed by atoms with E-state index in [2.05, 4.69) is 0 Å². The molecule has 142 valence electrons. The molecule has 3 rings (SSSR count). The van der Waals surface area contributed by atoms with Crippen molar-refractivity contribution < 1.29 is 9.53 Å². The van der Waals surface area contributed by atoms with Gasteiger partial charge in [-0.15, -0.1) is 11.3 Å². The predicted molar refractivity (Wildman–Crippen MR) is 109 cm³/mol. The Hall–Kier alpha value is -2.47. The quantitative estimate of drug-likeness (QED) is 0.616. The Morgan fingerprint density at radius 3 is 2.48 bits per heavy atom. The number of carbonyl (C=O) groups is 1. The zero-order valence-corrected chi connectivity index (χ0v) is 17.1. The van der Waals surface area contributed by atoms with Gasteiger partial charge < -0.3 is 4.74 Å². The number of carbonyl (C=O) groups excluding carboxylic acids is 1. The van der Waals surface area contributed by atoms with Crippen LogP contribution in [0.2, 0.25) is 0 Å². The van der Waals surface area contributed by atoms with Crippen LogP contribution in [0.15, 0.2) is 35.1 Å². The number of thiophene rings is 1. The molecule has 0 unspecified atom stereocenters. The fourth-order valence-electron chi connectivity index (χ4n) is 3.02. The molecule has 3 aromatic rings. The van der Waals surface area contributed by atoms with Gasteiger partial charge >= 0.3 is 5.97 Å².